The average molecular weight is 292 g/mol. The van der Waals surface area contributed by atoms with Gasteiger partial charge in [0.2, 0.25) is 0 Å². The molecule has 0 aromatic heterocycles. The van der Waals surface area contributed by atoms with Gasteiger partial charge in [0, 0.05) is 10.6 Å². The zero-order valence-corrected chi connectivity index (χ0v) is 12.8. The smallest absolute Gasteiger partial charge is 0.0880 e. The van der Waals surface area contributed by atoms with Crippen LogP contribution in [0.2, 0.25) is 0 Å². The summed E-state index contributed by atoms with van der Waals surface area (Å²) in [6, 6.07) is 26.4. The van der Waals surface area contributed by atoms with Crippen LogP contribution in [0.3, 0.4) is 0 Å². The molecule has 3 rings (SSSR count). The first kappa shape index (κ1) is 14.0. The lowest BCUT2D eigenvalue weighted by atomic mass is 10.0. The molecule has 0 spiro atoms. The Hall–Kier alpha value is -1.95. The van der Waals surface area contributed by atoms with Gasteiger partial charge >= 0.3 is 0 Å². The molecule has 3 aromatic rings. The summed E-state index contributed by atoms with van der Waals surface area (Å²) < 4.78 is 0. The second-order valence-electron chi connectivity index (χ2n) is 4.96. The number of hydrogen-bond acceptors (Lipinski definition) is 1. The molecule has 104 valence electrons. The third kappa shape index (κ3) is 2.90. The van der Waals surface area contributed by atoms with E-state index in [-0.39, 0.29) is 0 Å². The minimum atomic E-state index is -1.30. The van der Waals surface area contributed by atoms with Gasteiger partial charge in [-0.3, -0.25) is 0 Å². The Morgan fingerprint density at radius 3 is 2.00 bits per heavy atom. The lowest BCUT2D eigenvalue weighted by Crippen LogP contribution is -2.14. The second kappa shape index (κ2) is 6.22. The summed E-state index contributed by atoms with van der Waals surface area (Å²) in [5, 5.41) is 2.01. The molecule has 0 radical (unpaired) electrons. The fraction of sp³-hybridized carbons (Fsp3) is 0.0526. The van der Waals surface area contributed by atoms with Crippen LogP contribution in [0.1, 0.15) is 5.56 Å². The molecule has 0 aliphatic heterocycles. The van der Waals surface area contributed by atoms with E-state index in [0.29, 0.717) is 0 Å². The van der Waals surface area contributed by atoms with Crippen molar-refractivity contribution in [1.29, 1.82) is 0 Å². The maximum absolute atomic E-state index is 10.7. The first-order chi connectivity index (χ1) is 10.3. The van der Waals surface area contributed by atoms with Crippen molar-refractivity contribution < 1.29 is 4.89 Å². The quantitative estimate of drug-likeness (QED) is 0.723. The van der Waals surface area contributed by atoms with Crippen LogP contribution in [-0.2, 0) is 0 Å². The number of hydrogen-bond donors (Lipinski definition) is 1. The summed E-state index contributed by atoms with van der Waals surface area (Å²) in [4.78, 5) is 10.7. The van der Waals surface area contributed by atoms with Crippen LogP contribution in [0.4, 0.5) is 0 Å². The van der Waals surface area contributed by atoms with Gasteiger partial charge in [0.15, 0.2) is 0 Å². The van der Waals surface area contributed by atoms with Gasteiger partial charge in [0.25, 0.3) is 0 Å². The maximum atomic E-state index is 10.7. The Labute approximate surface area is 126 Å². The van der Waals surface area contributed by atoms with Crippen LogP contribution in [0, 0.1) is 6.92 Å². The number of rotatable bonds is 3. The summed E-state index contributed by atoms with van der Waals surface area (Å²) in [5.41, 5.74) is 3.53. The molecular formula is C19H17OP. The van der Waals surface area contributed by atoms with Crippen molar-refractivity contribution in [2.24, 2.45) is 0 Å². The summed E-state index contributed by atoms with van der Waals surface area (Å²) in [6.45, 7) is 2.09. The summed E-state index contributed by atoms with van der Waals surface area (Å²) in [7, 11) is -1.30. The summed E-state index contributed by atoms with van der Waals surface area (Å²) >= 11 is 0. The zero-order chi connectivity index (χ0) is 14.7. The van der Waals surface area contributed by atoms with Crippen molar-refractivity contribution in [2.45, 2.75) is 6.92 Å². The monoisotopic (exact) mass is 292 g/mol. The van der Waals surface area contributed by atoms with Crippen molar-refractivity contribution in [3.63, 3.8) is 0 Å². The van der Waals surface area contributed by atoms with Crippen molar-refractivity contribution in [3.8, 4) is 11.1 Å². The van der Waals surface area contributed by atoms with Gasteiger partial charge in [0.1, 0.15) is 0 Å². The van der Waals surface area contributed by atoms with Crippen LogP contribution in [0.25, 0.3) is 11.1 Å². The van der Waals surface area contributed by atoms with Crippen molar-refractivity contribution >= 4 is 18.8 Å². The van der Waals surface area contributed by atoms with Gasteiger partial charge < -0.3 is 4.89 Å². The van der Waals surface area contributed by atoms with E-state index in [4.69, 9.17) is 0 Å². The molecule has 0 amide bonds. The van der Waals surface area contributed by atoms with Crippen LogP contribution in [0.5, 0.6) is 0 Å². The minimum Gasteiger partial charge on any atom is -0.364 e. The average Bonchev–Trinajstić information content (AvgIpc) is 2.56. The fourth-order valence-electron chi connectivity index (χ4n) is 2.49. The topological polar surface area (TPSA) is 20.2 Å². The molecule has 2 heteroatoms. The van der Waals surface area contributed by atoms with E-state index < -0.39 is 8.15 Å². The molecule has 0 saturated carbocycles. The van der Waals surface area contributed by atoms with E-state index >= 15 is 0 Å². The molecule has 0 bridgehead atoms. The lowest BCUT2D eigenvalue weighted by Gasteiger charge is -2.16. The highest BCUT2D eigenvalue weighted by molar-refractivity contribution is 7.67. The highest BCUT2D eigenvalue weighted by Crippen LogP contribution is 2.32. The van der Waals surface area contributed by atoms with E-state index in [1.54, 1.807) is 0 Å². The predicted octanol–water partition coefficient (Wildman–Crippen LogP) is 4.00. The van der Waals surface area contributed by atoms with Crippen LogP contribution in [0.15, 0.2) is 78.9 Å². The lowest BCUT2D eigenvalue weighted by molar-refractivity contribution is 0.644. The molecule has 0 aliphatic carbocycles. The van der Waals surface area contributed by atoms with Gasteiger partial charge in [-0.25, -0.2) is 0 Å². The molecule has 1 unspecified atom stereocenters. The van der Waals surface area contributed by atoms with Gasteiger partial charge in [-0.2, -0.15) is 0 Å². The molecule has 0 aliphatic rings. The molecule has 21 heavy (non-hydrogen) atoms. The van der Waals surface area contributed by atoms with Crippen molar-refractivity contribution in [1.82, 2.24) is 0 Å². The SMILES string of the molecule is Cc1c(-c2ccccc2)cccc1P(O)c1ccccc1. The predicted molar refractivity (Wildman–Crippen MR) is 91.5 cm³/mol. The molecule has 1 atom stereocenters. The Kier molecular flexibility index (Phi) is 4.15. The minimum absolute atomic E-state index is 0.987. The van der Waals surface area contributed by atoms with E-state index in [1.165, 1.54) is 11.1 Å². The molecule has 3 aromatic carbocycles. The van der Waals surface area contributed by atoms with Crippen LogP contribution >= 0.6 is 8.15 Å². The molecule has 0 fully saturated rings. The fourth-order valence-corrected chi connectivity index (χ4v) is 3.89. The van der Waals surface area contributed by atoms with Crippen LogP contribution < -0.4 is 10.6 Å². The molecule has 1 N–H and O–H groups in total. The van der Waals surface area contributed by atoms with Crippen LogP contribution in [-0.4, -0.2) is 4.89 Å². The Morgan fingerprint density at radius 1 is 0.714 bits per heavy atom. The summed E-state index contributed by atoms with van der Waals surface area (Å²) in [5.74, 6) is 0. The Balaban J connectivity index is 2.05. The highest BCUT2D eigenvalue weighted by atomic mass is 31.1. The van der Waals surface area contributed by atoms with Gasteiger partial charge in [0.05, 0.1) is 8.15 Å². The first-order valence-corrected chi connectivity index (χ1v) is 8.26. The van der Waals surface area contributed by atoms with E-state index in [0.717, 1.165) is 16.2 Å². The van der Waals surface area contributed by atoms with Gasteiger partial charge in [-0.15, -0.1) is 0 Å². The second-order valence-corrected chi connectivity index (χ2v) is 6.58. The van der Waals surface area contributed by atoms with Gasteiger partial charge in [-0.1, -0.05) is 78.9 Å². The Bertz CT molecular complexity index is 723. The van der Waals surface area contributed by atoms with E-state index in [2.05, 4.69) is 25.1 Å². The largest absolute Gasteiger partial charge is 0.364 e. The van der Waals surface area contributed by atoms with Crippen molar-refractivity contribution in [2.75, 3.05) is 0 Å². The summed E-state index contributed by atoms with van der Waals surface area (Å²) in [6.07, 6.45) is 0. The maximum Gasteiger partial charge on any atom is 0.0880 e. The Morgan fingerprint density at radius 2 is 1.33 bits per heavy atom. The molecular weight excluding hydrogens is 275 g/mol. The van der Waals surface area contributed by atoms with Crippen molar-refractivity contribution in [3.05, 3.63) is 84.4 Å². The standard InChI is InChI=1S/C19H17OP/c1-15-18(16-9-4-2-5-10-16)13-8-14-19(15)21(20)17-11-6-3-7-12-17/h2-14,20H,1H3. The highest BCUT2D eigenvalue weighted by Gasteiger charge is 2.15. The first-order valence-electron chi connectivity index (χ1n) is 6.96. The third-order valence-electron chi connectivity index (χ3n) is 3.62. The molecule has 1 nitrogen and oxygen atoms in total. The van der Waals surface area contributed by atoms with E-state index in [1.807, 2.05) is 60.7 Å². The number of benzene rings is 3. The molecule has 0 heterocycles. The normalized spacial score (nSPS) is 12.1. The third-order valence-corrected chi connectivity index (χ3v) is 5.35. The van der Waals surface area contributed by atoms with E-state index in [9.17, 15) is 4.89 Å². The molecule has 0 saturated heterocycles. The zero-order valence-electron chi connectivity index (χ0n) is 11.9. The van der Waals surface area contributed by atoms with Gasteiger partial charge in [-0.05, 0) is 23.6 Å².